The van der Waals surface area contributed by atoms with E-state index in [2.05, 4.69) is 10.3 Å². The molecule has 1 aliphatic rings. The fraction of sp³-hybridized carbons (Fsp3) is 0.650. The maximum absolute atomic E-state index is 12.6. The molecule has 208 valence electrons. The second kappa shape index (κ2) is 15.4. The van der Waals surface area contributed by atoms with Crippen molar-refractivity contribution in [1.29, 1.82) is 5.26 Å². The molecule has 0 aromatic rings. The molecule has 37 heavy (non-hydrogen) atoms. The van der Waals surface area contributed by atoms with E-state index in [1.807, 2.05) is 6.07 Å². The summed E-state index contributed by atoms with van der Waals surface area (Å²) >= 11 is 0. The number of nitriles is 1. The number of rotatable bonds is 14. The Hall–Kier alpha value is -2.90. The first-order valence-corrected chi connectivity index (χ1v) is 12.0. The summed E-state index contributed by atoms with van der Waals surface area (Å²) in [4.78, 5) is 39.6. The molecule has 1 fully saturated rings. The van der Waals surface area contributed by atoms with Crippen LogP contribution in [0.1, 0.15) is 20.3 Å². The maximum atomic E-state index is 12.6. The van der Waals surface area contributed by atoms with Gasteiger partial charge in [0.2, 0.25) is 0 Å². The van der Waals surface area contributed by atoms with Crippen molar-refractivity contribution in [2.45, 2.75) is 62.8 Å². The summed E-state index contributed by atoms with van der Waals surface area (Å²) in [6.07, 6.45) is -6.69. The minimum absolute atomic E-state index is 0.0161. The van der Waals surface area contributed by atoms with Gasteiger partial charge in [-0.1, -0.05) is 0 Å². The summed E-state index contributed by atoms with van der Waals surface area (Å²) in [5.74, 6) is -4.84. The Labute approximate surface area is 214 Å². The molecule has 1 rings (SSSR count). The van der Waals surface area contributed by atoms with Crippen LogP contribution in [0.5, 0.6) is 0 Å². The van der Waals surface area contributed by atoms with Gasteiger partial charge < -0.3 is 56.6 Å². The lowest BCUT2D eigenvalue weighted by atomic mass is 10.1. The molecule has 1 heterocycles. The van der Waals surface area contributed by atoms with E-state index in [1.54, 1.807) is 13.8 Å². The van der Waals surface area contributed by atoms with Crippen LogP contribution in [0.4, 0.5) is 0 Å². The van der Waals surface area contributed by atoms with E-state index >= 15 is 0 Å². The van der Waals surface area contributed by atoms with Crippen LogP contribution in [-0.4, -0.2) is 102 Å². The van der Waals surface area contributed by atoms with Crippen molar-refractivity contribution in [2.75, 3.05) is 20.3 Å². The molecule has 0 bridgehead atoms. The highest BCUT2D eigenvalue weighted by Crippen LogP contribution is 2.27. The standard InChI is InChI=1S/C20H33N6O10P/c1-4-33-19(32)12(24)11(23)13(25-3)16(29)26-17-15(28)14(27)10(35-17)7-34-20(18(30)31)37-36-9(6-21)5-8(2)22/h8-10,14-15,17,20,27-28,37H,4-5,7,22-24H2,1-3H3,(H,26,29)(H,30,31). The van der Waals surface area contributed by atoms with Crippen molar-refractivity contribution >= 4 is 32.4 Å². The number of esters is 1. The van der Waals surface area contributed by atoms with Gasteiger partial charge in [-0.05, 0) is 13.8 Å². The topological polar surface area (TPSA) is 275 Å². The van der Waals surface area contributed by atoms with Crippen molar-refractivity contribution in [3.05, 3.63) is 11.4 Å². The summed E-state index contributed by atoms with van der Waals surface area (Å²) in [5.41, 5.74) is 15.5. The van der Waals surface area contributed by atoms with Crippen LogP contribution in [0.25, 0.3) is 0 Å². The lowest BCUT2D eigenvalue weighted by molar-refractivity contribution is -0.148. The van der Waals surface area contributed by atoms with Crippen LogP contribution in [-0.2, 0) is 33.1 Å². The third-order valence-electron chi connectivity index (χ3n) is 4.81. The van der Waals surface area contributed by atoms with E-state index in [0.29, 0.717) is 0 Å². The van der Waals surface area contributed by atoms with Gasteiger partial charge in [-0.25, -0.2) is 9.59 Å². The van der Waals surface area contributed by atoms with Gasteiger partial charge in [-0.2, -0.15) is 5.26 Å². The van der Waals surface area contributed by atoms with E-state index in [1.165, 1.54) is 7.05 Å². The molecule has 17 heteroatoms. The summed E-state index contributed by atoms with van der Waals surface area (Å²) in [7, 11) is 0.430. The largest absolute Gasteiger partial charge is 0.479 e. The predicted octanol–water partition coefficient (Wildman–Crippen LogP) is -3.02. The number of hydrogen-bond acceptors (Lipinski definition) is 14. The number of amides is 1. The number of carbonyl (C=O) groups excluding carboxylic acids is 2. The molecule has 8 unspecified atom stereocenters. The monoisotopic (exact) mass is 548 g/mol. The number of aliphatic carboxylic acids is 1. The minimum Gasteiger partial charge on any atom is -0.479 e. The Morgan fingerprint density at radius 2 is 1.89 bits per heavy atom. The average molecular weight is 548 g/mol. The van der Waals surface area contributed by atoms with E-state index in [-0.39, 0.29) is 19.1 Å². The second-order valence-corrected chi connectivity index (χ2v) is 8.78. The van der Waals surface area contributed by atoms with Crippen molar-refractivity contribution in [3.63, 3.8) is 0 Å². The van der Waals surface area contributed by atoms with Crippen molar-refractivity contribution < 1.29 is 48.4 Å². The number of ether oxygens (including phenoxy) is 3. The molecule has 16 nitrogen and oxygen atoms in total. The predicted molar refractivity (Wildman–Crippen MR) is 129 cm³/mol. The lowest BCUT2D eigenvalue weighted by Crippen LogP contribution is -2.47. The van der Waals surface area contributed by atoms with Gasteiger partial charge in [0.25, 0.3) is 5.91 Å². The number of carbonyl (C=O) groups is 3. The molecular formula is C20H33N6O10P. The maximum Gasteiger partial charge on any atom is 0.356 e. The Kier molecular flexibility index (Phi) is 13.4. The van der Waals surface area contributed by atoms with Crippen LogP contribution >= 0.6 is 8.81 Å². The number of nitrogens with zero attached hydrogens (tertiary/aromatic N) is 2. The van der Waals surface area contributed by atoms with E-state index in [9.17, 15) is 29.7 Å². The Bertz CT molecular complexity index is 924. The van der Waals surface area contributed by atoms with E-state index < -0.39 is 86.9 Å². The summed E-state index contributed by atoms with van der Waals surface area (Å²) in [5, 5.41) is 41.3. The molecule has 10 N–H and O–H groups in total. The molecule has 0 aromatic carbocycles. The molecule has 1 amide bonds. The number of nitrogens with one attached hydrogen (secondary N) is 1. The van der Waals surface area contributed by atoms with Gasteiger partial charge in [0.05, 0.1) is 33.8 Å². The molecule has 1 aliphatic heterocycles. The zero-order valence-electron chi connectivity index (χ0n) is 20.5. The van der Waals surface area contributed by atoms with Crippen LogP contribution < -0.4 is 22.5 Å². The average Bonchev–Trinajstić information content (AvgIpc) is 3.10. The Balaban J connectivity index is 2.80. The van der Waals surface area contributed by atoms with Gasteiger partial charge in [0.15, 0.2) is 12.1 Å². The van der Waals surface area contributed by atoms with Gasteiger partial charge in [-0.3, -0.25) is 9.79 Å². The number of carboxylic acid groups (broad SMARTS) is 1. The first kappa shape index (κ1) is 32.1. The normalized spacial score (nSPS) is 25.2. The first-order chi connectivity index (χ1) is 17.4. The summed E-state index contributed by atoms with van der Waals surface area (Å²) in [6, 6.07) is 1.52. The number of nitrogens with two attached hydrogens (primary N) is 3. The van der Waals surface area contributed by atoms with Crippen LogP contribution in [0.2, 0.25) is 0 Å². The molecule has 0 saturated carbocycles. The van der Waals surface area contributed by atoms with Crippen molar-refractivity contribution in [3.8, 4) is 6.07 Å². The number of hydrogen-bond donors (Lipinski definition) is 7. The van der Waals surface area contributed by atoms with E-state index in [4.69, 9.17) is 41.2 Å². The smallest absolute Gasteiger partial charge is 0.356 e. The highest BCUT2D eigenvalue weighted by molar-refractivity contribution is 7.34. The number of aliphatic hydroxyl groups excluding tert-OH is 2. The number of carboxylic acids is 1. The molecule has 0 radical (unpaired) electrons. The fourth-order valence-electron chi connectivity index (χ4n) is 2.95. The van der Waals surface area contributed by atoms with Crippen molar-refractivity contribution in [2.24, 2.45) is 22.2 Å². The van der Waals surface area contributed by atoms with Crippen LogP contribution in [0.3, 0.4) is 0 Å². The van der Waals surface area contributed by atoms with Gasteiger partial charge in [0.1, 0.15) is 35.8 Å². The second-order valence-electron chi connectivity index (χ2n) is 7.79. The van der Waals surface area contributed by atoms with E-state index in [0.717, 1.165) is 0 Å². The zero-order valence-corrected chi connectivity index (χ0v) is 21.5. The summed E-state index contributed by atoms with van der Waals surface area (Å²) in [6.45, 7) is 2.72. The van der Waals surface area contributed by atoms with Gasteiger partial charge in [0, 0.05) is 19.5 Å². The third kappa shape index (κ3) is 9.48. The number of aliphatic imine (C=N–C) groups is 1. The minimum atomic E-state index is -1.64. The molecule has 8 atom stereocenters. The van der Waals surface area contributed by atoms with Gasteiger partial charge in [-0.15, -0.1) is 0 Å². The lowest BCUT2D eigenvalue weighted by Gasteiger charge is -2.20. The zero-order chi connectivity index (χ0) is 28.3. The van der Waals surface area contributed by atoms with Crippen molar-refractivity contribution in [1.82, 2.24) is 5.32 Å². The first-order valence-electron chi connectivity index (χ1n) is 11.0. The summed E-state index contributed by atoms with van der Waals surface area (Å²) < 4.78 is 20.7. The SMILES string of the molecule is CCOC(=O)C(N)=C(N)C(=NC)C(=O)NC1OC(COC(POC(C#N)CC(C)N)C(=O)O)C(O)C1O. The van der Waals surface area contributed by atoms with Crippen LogP contribution in [0, 0.1) is 11.3 Å². The molecule has 1 saturated heterocycles. The molecule has 0 aromatic heterocycles. The molecule has 0 aliphatic carbocycles. The fourth-order valence-corrected chi connectivity index (χ4v) is 3.65. The Morgan fingerprint density at radius 3 is 2.41 bits per heavy atom. The Morgan fingerprint density at radius 1 is 1.24 bits per heavy atom. The van der Waals surface area contributed by atoms with Crippen LogP contribution in [0.15, 0.2) is 16.4 Å². The molecule has 0 spiro atoms. The number of aliphatic hydroxyl groups is 2. The quantitative estimate of drug-likeness (QED) is 0.0492. The third-order valence-corrected chi connectivity index (χ3v) is 5.86. The van der Waals surface area contributed by atoms with Gasteiger partial charge >= 0.3 is 11.9 Å². The highest BCUT2D eigenvalue weighted by Gasteiger charge is 2.44. The molecular weight excluding hydrogens is 515 g/mol. The highest BCUT2D eigenvalue weighted by atomic mass is 31.1.